The molecule has 2 aromatic carbocycles. The number of aromatic nitrogens is 4. The summed E-state index contributed by atoms with van der Waals surface area (Å²) in [5.41, 5.74) is 0.991. The molecule has 3 aromatic rings. The van der Waals surface area contributed by atoms with Gasteiger partial charge in [-0.3, -0.25) is 14.6 Å². The number of piperidine rings is 1. The zero-order valence-corrected chi connectivity index (χ0v) is 29.0. The molecule has 1 unspecified atom stereocenters. The van der Waals surface area contributed by atoms with Gasteiger partial charge in [0.1, 0.15) is 5.54 Å². The number of amides is 1. The fourth-order valence-electron chi connectivity index (χ4n) is 6.85. The first-order valence-corrected chi connectivity index (χ1v) is 16.5. The van der Waals surface area contributed by atoms with Crippen molar-refractivity contribution in [2.24, 2.45) is 12.8 Å². The van der Waals surface area contributed by atoms with E-state index in [1.165, 1.54) is 18.0 Å². The van der Waals surface area contributed by atoms with Gasteiger partial charge in [0.2, 0.25) is 5.91 Å². The normalized spacial score (nSPS) is 16.3. The van der Waals surface area contributed by atoms with Gasteiger partial charge in [-0.2, -0.15) is 44.3 Å². The SMILES string of the molecule is CCC(c1ccc(C(F)(F)F)cc1CN(Cc1cc(C(F)(F)F)cc(C(F)(F)F)c1)c1nnn(C)n1)N1CCC(C(N)=O)(N(CC)CCOC)CC1. The van der Waals surface area contributed by atoms with Crippen LogP contribution in [0.3, 0.4) is 0 Å². The highest BCUT2D eigenvalue weighted by Crippen LogP contribution is 2.40. The molecule has 10 nitrogen and oxygen atoms in total. The quantitative estimate of drug-likeness (QED) is 0.194. The number of rotatable bonds is 14. The van der Waals surface area contributed by atoms with Crippen LogP contribution in [0.15, 0.2) is 36.4 Å². The number of halogens is 9. The molecule has 19 heteroatoms. The van der Waals surface area contributed by atoms with Crippen molar-refractivity contribution in [3.8, 4) is 0 Å². The number of alkyl halides is 9. The van der Waals surface area contributed by atoms with Crippen molar-refractivity contribution >= 4 is 11.9 Å². The minimum Gasteiger partial charge on any atom is -0.383 e. The number of anilines is 1. The first-order valence-electron chi connectivity index (χ1n) is 16.5. The van der Waals surface area contributed by atoms with E-state index < -0.39 is 71.4 Å². The zero-order valence-electron chi connectivity index (χ0n) is 29.0. The Hall–Kier alpha value is -3.97. The number of likely N-dealkylation sites (N-methyl/N-ethyl adjacent to an activating group) is 1. The molecule has 52 heavy (non-hydrogen) atoms. The number of primary amides is 1. The van der Waals surface area contributed by atoms with Crippen molar-refractivity contribution in [3.63, 3.8) is 0 Å². The van der Waals surface area contributed by atoms with Gasteiger partial charge in [-0.25, -0.2) is 0 Å². The lowest BCUT2D eigenvalue weighted by molar-refractivity contribution is -0.143. The third-order valence-electron chi connectivity index (χ3n) is 9.46. The first-order chi connectivity index (χ1) is 24.2. The topological polar surface area (TPSA) is 106 Å². The van der Waals surface area contributed by atoms with Crippen LogP contribution < -0.4 is 10.6 Å². The molecule has 4 rings (SSSR count). The number of likely N-dealkylation sites (tertiary alicyclic amines) is 1. The minimum absolute atomic E-state index is 0.00594. The standard InChI is InChI=1S/C33H41F9N8O2/c1-5-27(48-11-9-30(10-12-48,28(43)51)50(6-2)13-14-52-4)26-8-7-23(31(34,35)36)17-22(26)20-49(29-44-46-47(3)45-29)19-21-15-24(32(37,38)39)18-25(16-21)33(40,41)42/h7-8,15-18,27H,5-6,9-14,19-20H2,1-4H3,(H2,43,51). The summed E-state index contributed by atoms with van der Waals surface area (Å²) in [6.07, 6.45) is -13.9. The van der Waals surface area contributed by atoms with Crippen LogP contribution in [0, 0.1) is 0 Å². The molecule has 1 amide bonds. The van der Waals surface area contributed by atoms with Crippen LogP contribution in [0.2, 0.25) is 0 Å². The third-order valence-corrected chi connectivity index (χ3v) is 9.46. The van der Waals surface area contributed by atoms with Gasteiger partial charge in [0, 0.05) is 45.9 Å². The summed E-state index contributed by atoms with van der Waals surface area (Å²) in [5, 5.41) is 11.7. The lowest BCUT2D eigenvalue weighted by atomic mass is 9.83. The van der Waals surface area contributed by atoms with Gasteiger partial charge in [0.05, 0.1) is 30.3 Å². The van der Waals surface area contributed by atoms with E-state index in [0.29, 0.717) is 69.7 Å². The summed E-state index contributed by atoms with van der Waals surface area (Å²) in [5.74, 6) is -0.728. The van der Waals surface area contributed by atoms with Gasteiger partial charge in [0.15, 0.2) is 0 Å². The molecule has 1 atom stereocenters. The molecule has 1 fully saturated rings. The van der Waals surface area contributed by atoms with Crippen LogP contribution in [-0.4, -0.2) is 81.3 Å². The van der Waals surface area contributed by atoms with Gasteiger partial charge in [0.25, 0.3) is 5.95 Å². The van der Waals surface area contributed by atoms with Crippen LogP contribution in [0.4, 0.5) is 45.5 Å². The van der Waals surface area contributed by atoms with Gasteiger partial charge < -0.3 is 15.4 Å². The Morgan fingerprint density at radius 3 is 1.98 bits per heavy atom. The zero-order chi connectivity index (χ0) is 38.6. The van der Waals surface area contributed by atoms with Gasteiger partial charge >= 0.3 is 18.5 Å². The number of tetrazole rings is 1. The number of carbonyl (C=O) groups excluding carboxylic acids is 1. The maximum atomic E-state index is 14.1. The van der Waals surface area contributed by atoms with E-state index in [4.69, 9.17) is 10.5 Å². The number of benzene rings is 2. The predicted molar refractivity (Wildman–Crippen MR) is 171 cm³/mol. The maximum absolute atomic E-state index is 14.1. The molecule has 0 spiro atoms. The number of carbonyl (C=O) groups is 1. The molecule has 1 aliphatic rings. The largest absolute Gasteiger partial charge is 0.416 e. The molecule has 0 bridgehead atoms. The highest BCUT2D eigenvalue weighted by Gasteiger charge is 2.45. The van der Waals surface area contributed by atoms with E-state index in [9.17, 15) is 44.3 Å². The summed E-state index contributed by atoms with van der Waals surface area (Å²) >= 11 is 0. The number of hydrogen-bond donors (Lipinski definition) is 1. The Morgan fingerprint density at radius 2 is 1.52 bits per heavy atom. The number of nitrogens with two attached hydrogens (primary N) is 1. The molecule has 2 N–H and O–H groups in total. The molecule has 288 valence electrons. The Labute approximate surface area is 294 Å². The van der Waals surface area contributed by atoms with Crippen LogP contribution in [-0.2, 0) is 48.2 Å². The highest BCUT2D eigenvalue weighted by molar-refractivity contribution is 5.84. The number of nitrogens with zero attached hydrogens (tertiary/aromatic N) is 7. The van der Waals surface area contributed by atoms with Crippen molar-refractivity contribution in [2.45, 2.75) is 76.3 Å². The van der Waals surface area contributed by atoms with Gasteiger partial charge in [-0.05, 0) is 78.0 Å². The molecule has 2 heterocycles. The molecule has 0 aliphatic carbocycles. The molecule has 1 aromatic heterocycles. The predicted octanol–water partition coefficient (Wildman–Crippen LogP) is 6.21. The number of methoxy groups -OCH3 is 1. The van der Waals surface area contributed by atoms with Crippen molar-refractivity contribution in [3.05, 3.63) is 69.8 Å². The second-order valence-electron chi connectivity index (χ2n) is 12.7. The Balaban J connectivity index is 1.76. The minimum atomic E-state index is -5.12. The van der Waals surface area contributed by atoms with Crippen molar-refractivity contribution < 1.29 is 49.0 Å². The Bertz CT molecular complexity index is 1640. The van der Waals surface area contributed by atoms with E-state index in [1.54, 1.807) is 7.11 Å². The van der Waals surface area contributed by atoms with E-state index in [0.717, 1.165) is 16.9 Å². The molecule has 1 saturated heterocycles. The number of aryl methyl sites for hydroxylation is 1. The van der Waals surface area contributed by atoms with Crippen molar-refractivity contribution in [1.29, 1.82) is 0 Å². The van der Waals surface area contributed by atoms with Crippen LogP contribution in [0.25, 0.3) is 0 Å². The van der Waals surface area contributed by atoms with Gasteiger partial charge in [-0.1, -0.05) is 25.0 Å². The summed E-state index contributed by atoms with van der Waals surface area (Å²) in [6.45, 7) is 4.72. The molecular weight excluding hydrogens is 711 g/mol. The van der Waals surface area contributed by atoms with E-state index in [-0.39, 0.29) is 17.6 Å². The number of hydrogen-bond acceptors (Lipinski definition) is 8. The smallest absolute Gasteiger partial charge is 0.383 e. The fraction of sp³-hybridized carbons (Fsp3) is 0.576. The van der Waals surface area contributed by atoms with E-state index in [1.807, 2.05) is 23.6 Å². The van der Waals surface area contributed by atoms with E-state index >= 15 is 0 Å². The number of ether oxygens (including phenoxy) is 1. The average molecular weight is 753 g/mol. The average Bonchev–Trinajstić information content (AvgIpc) is 3.50. The molecule has 0 saturated carbocycles. The van der Waals surface area contributed by atoms with Crippen molar-refractivity contribution in [2.75, 3.05) is 44.8 Å². The highest BCUT2D eigenvalue weighted by atomic mass is 19.4. The monoisotopic (exact) mass is 752 g/mol. The lowest BCUT2D eigenvalue weighted by Gasteiger charge is -2.48. The summed E-state index contributed by atoms with van der Waals surface area (Å²) < 4.78 is 130. The summed E-state index contributed by atoms with van der Waals surface area (Å²) in [6, 6.07) is 3.77. The molecule has 0 radical (unpaired) electrons. The van der Waals surface area contributed by atoms with Gasteiger partial charge in [-0.15, -0.1) is 5.10 Å². The first kappa shape index (κ1) is 40.8. The molecular formula is C33H41F9N8O2. The second kappa shape index (κ2) is 16.0. The second-order valence-corrected chi connectivity index (χ2v) is 12.7. The van der Waals surface area contributed by atoms with E-state index in [2.05, 4.69) is 15.4 Å². The fourth-order valence-corrected chi connectivity index (χ4v) is 6.85. The van der Waals surface area contributed by atoms with Crippen LogP contribution in [0.1, 0.15) is 72.5 Å². The summed E-state index contributed by atoms with van der Waals surface area (Å²) in [7, 11) is 2.92. The van der Waals surface area contributed by atoms with Crippen LogP contribution >= 0.6 is 0 Å². The van der Waals surface area contributed by atoms with Crippen molar-refractivity contribution in [1.82, 2.24) is 30.0 Å². The molecule has 1 aliphatic heterocycles. The third kappa shape index (κ3) is 9.33. The Morgan fingerprint density at radius 1 is 0.923 bits per heavy atom. The lowest BCUT2D eigenvalue weighted by Crippen LogP contribution is -2.63. The van der Waals surface area contributed by atoms with Crippen LogP contribution in [0.5, 0.6) is 0 Å². The summed E-state index contributed by atoms with van der Waals surface area (Å²) in [4.78, 5) is 19.0. The maximum Gasteiger partial charge on any atom is 0.416 e. The Kier molecular flexibility index (Phi) is 12.5.